The summed E-state index contributed by atoms with van der Waals surface area (Å²) in [7, 11) is 0. The lowest BCUT2D eigenvalue weighted by atomic mass is 10.1. The summed E-state index contributed by atoms with van der Waals surface area (Å²) < 4.78 is 0. The maximum atomic E-state index is 3.65. The van der Waals surface area contributed by atoms with Gasteiger partial charge in [-0.1, -0.05) is 62.4 Å². The first-order chi connectivity index (χ1) is 9.25. The number of hydrogen-bond donors (Lipinski definition) is 1. The highest BCUT2D eigenvalue weighted by Gasteiger charge is 2.12. The zero-order valence-electron chi connectivity index (χ0n) is 11.5. The van der Waals surface area contributed by atoms with Crippen molar-refractivity contribution < 1.29 is 0 Å². The van der Waals surface area contributed by atoms with E-state index in [1.54, 1.807) is 0 Å². The molecule has 0 bridgehead atoms. The second kappa shape index (κ2) is 7.37. The van der Waals surface area contributed by atoms with Gasteiger partial charge in [-0.15, -0.1) is 11.8 Å². The molecule has 0 radical (unpaired) electrons. The van der Waals surface area contributed by atoms with E-state index >= 15 is 0 Å². The Morgan fingerprint density at radius 3 is 2.05 bits per heavy atom. The third-order valence-electron chi connectivity index (χ3n) is 2.90. The highest BCUT2D eigenvalue weighted by molar-refractivity contribution is 7.99. The molecule has 0 aliphatic heterocycles. The van der Waals surface area contributed by atoms with Crippen LogP contribution in [0, 0.1) is 0 Å². The SMILES string of the molecule is CC(C)NC(CSc1ccccc1)c1ccccc1. The Kier molecular flexibility index (Phi) is 5.49. The molecule has 2 rings (SSSR count). The van der Waals surface area contributed by atoms with Gasteiger partial charge in [0.1, 0.15) is 0 Å². The van der Waals surface area contributed by atoms with E-state index in [2.05, 4.69) is 79.8 Å². The molecule has 1 atom stereocenters. The normalized spacial score (nSPS) is 12.6. The van der Waals surface area contributed by atoms with Crippen LogP contribution in [-0.2, 0) is 0 Å². The molecular weight excluding hydrogens is 250 g/mol. The van der Waals surface area contributed by atoms with Gasteiger partial charge in [0.15, 0.2) is 0 Å². The summed E-state index contributed by atoms with van der Waals surface area (Å²) in [5.74, 6) is 1.05. The van der Waals surface area contributed by atoms with Gasteiger partial charge in [-0.2, -0.15) is 0 Å². The quantitative estimate of drug-likeness (QED) is 0.775. The zero-order valence-corrected chi connectivity index (χ0v) is 12.4. The standard InChI is InChI=1S/C17H21NS/c1-14(2)18-17(15-9-5-3-6-10-15)13-19-16-11-7-4-8-12-16/h3-12,14,17-18H,13H2,1-2H3. The number of rotatable bonds is 6. The van der Waals surface area contributed by atoms with Gasteiger partial charge < -0.3 is 5.32 Å². The minimum absolute atomic E-state index is 0.395. The predicted octanol–water partition coefficient (Wildman–Crippen LogP) is 4.52. The van der Waals surface area contributed by atoms with Crippen molar-refractivity contribution in [1.29, 1.82) is 0 Å². The highest BCUT2D eigenvalue weighted by atomic mass is 32.2. The van der Waals surface area contributed by atoms with Gasteiger partial charge in [-0.05, 0) is 17.7 Å². The number of benzene rings is 2. The lowest BCUT2D eigenvalue weighted by molar-refractivity contribution is 0.512. The van der Waals surface area contributed by atoms with Crippen LogP contribution in [0.25, 0.3) is 0 Å². The van der Waals surface area contributed by atoms with Crippen LogP contribution in [0.15, 0.2) is 65.6 Å². The molecule has 0 aliphatic carbocycles. The summed E-state index contributed by atoms with van der Waals surface area (Å²) in [5, 5.41) is 3.65. The number of thioether (sulfide) groups is 1. The van der Waals surface area contributed by atoms with Crippen LogP contribution < -0.4 is 5.32 Å². The summed E-state index contributed by atoms with van der Waals surface area (Å²) >= 11 is 1.90. The van der Waals surface area contributed by atoms with Gasteiger partial charge in [0.25, 0.3) is 0 Å². The number of hydrogen-bond acceptors (Lipinski definition) is 2. The van der Waals surface area contributed by atoms with E-state index in [1.165, 1.54) is 10.5 Å². The van der Waals surface area contributed by atoms with Crippen molar-refractivity contribution in [2.75, 3.05) is 5.75 Å². The second-order valence-corrected chi connectivity index (χ2v) is 6.00. The molecule has 1 N–H and O–H groups in total. The van der Waals surface area contributed by atoms with Crippen LogP contribution in [0.5, 0.6) is 0 Å². The maximum absolute atomic E-state index is 3.65. The van der Waals surface area contributed by atoms with Crippen LogP contribution in [0.4, 0.5) is 0 Å². The van der Waals surface area contributed by atoms with Crippen LogP contribution >= 0.6 is 11.8 Å². The first kappa shape index (κ1) is 14.2. The van der Waals surface area contributed by atoms with Gasteiger partial charge >= 0.3 is 0 Å². The fourth-order valence-corrected chi connectivity index (χ4v) is 3.02. The van der Waals surface area contributed by atoms with E-state index in [1.807, 2.05) is 11.8 Å². The van der Waals surface area contributed by atoms with Crippen molar-refractivity contribution in [1.82, 2.24) is 5.32 Å². The minimum atomic E-state index is 0.395. The largest absolute Gasteiger partial charge is 0.307 e. The van der Waals surface area contributed by atoms with Crippen molar-refractivity contribution >= 4 is 11.8 Å². The predicted molar refractivity (Wildman–Crippen MR) is 84.6 cm³/mol. The van der Waals surface area contributed by atoms with Crippen LogP contribution in [0.2, 0.25) is 0 Å². The fourth-order valence-electron chi connectivity index (χ4n) is 2.02. The van der Waals surface area contributed by atoms with E-state index < -0.39 is 0 Å². The Morgan fingerprint density at radius 1 is 0.895 bits per heavy atom. The molecule has 1 nitrogen and oxygen atoms in total. The summed E-state index contributed by atoms with van der Waals surface area (Å²) in [4.78, 5) is 1.33. The first-order valence-electron chi connectivity index (χ1n) is 6.74. The molecular formula is C17H21NS. The Bertz CT molecular complexity index is 467. The van der Waals surface area contributed by atoms with E-state index in [0.29, 0.717) is 12.1 Å². The van der Waals surface area contributed by atoms with Crippen molar-refractivity contribution in [3.05, 3.63) is 66.2 Å². The molecule has 100 valence electrons. The van der Waals surface area contributed by atoms with E-state index in [9.17, 15) is 0 Å². The molecule has 2 heteroatoms. The molecule has 0 fully saturated rings. The molecule has 0 amide bonds. The molecule has 2 aromatic carbocycles. The Morgan fingerprint density at radius 2 is 1.47 bits per heavy atom. The molecule has 1 unspecified atom stereocenters. The van der Waals surface area contributed by atoms with Gasteiger partial charge in [0, 0.05) is 22.7 Å². The molecule has 0 aliphatic rings. The minimum Gasteiger partial charge on any atom is -0.307 e. The van der Waals surface area contributed by atoms with Crippen LogP contribution in [0.3, 0.4) is 0 Å². The Balaban J connectivity index is 2.02. The van der Waals surface area contributed by atoms with Crippen LogP contribution in [0.1, 0.15) is 25.5 Å². The molecule has 0 saturated carbocycles. The Labute approximate surface area is 120 Å². The van der Waals surface area contributed by atoms with Crippen molar-refractivity contribution in [2.24, 2.45) is 0 Å². The molecule has 0 saturated heterocycles. The third-order valence-corrected chi connectivity index (χ3v) is 4.00. The molecule has 0 heterocycles. The zero-order chi connectivity index (χ0) is 13.5. The first-order valence-corrected chi connectivity index (χ1v) is 7.73. The average molecular weight is 271 g/mol. The third kappa shape index (κ3) is 4.73. The molecule has 19 heavy (non-hydrogen) atoms. The highest BCUT2D eigenvalue weighted by Crippen LogP contribution is 2.24. The molecule has 0 aromatic heterocycles. The second-order valence-electron chi connectivity index (χ2n) is 4.91. The average Bonchev–Trinajstić information content (AvgIpc) is 2.45. The van der Waals surface area contributed by atoms with Crippen molar-refractivity contribution in [2.45, 2.75) is 30.8 Å². The lowest BCUT2D eigenvalue weighted by Gasteiger charge is -2.21. The summed E-state index contributed by atoms with van der Waals surface area (Å²) in [6.45, 7) is 4.40. The topological polar surface area (TPSA) is 12.0 Å². The van der Waals surface area contributed by atoms with Crippen molar-refractivity contribution in [3.8, 4) is 0 Å². The van der Waals surface area contributed by atoms with E-state index in [-0.39, 0.29) is 0 Å². The van der Waals surface area contributed by atoms with Gasteiger partial charge in [0.2, 0.25) is 0 Å². The monoisotopic (exact) mass is 271 g/mol. The Hall–Kier alpha value is -1.25. The molecule has 2 aromatic rings. The summed E-state index contributed by atoms with van der Waals surface area (Å²) in [5.41, 5.74) is 1.36. The number of nitrogens with one attached hydrogen (secondary N) is 1. The van der Waals surface area contributed by atoms with Crippen LogP contribution in [-0.4, -0.2) is 11.8 Å². The van der Waals surface area contributed by atoms with Gasteiger partial charge in [-0.25, -0.2) is 0 Å². The maximum Gasteiger partial charge on any atom is 0.0417 e. The summed E-state index contributed by atoms with van der Waals surface area (Å²) in [6, 6.07) is 22.2. The smallest absolute Gasteiger partial charge is 0.0417 e. The summed E-state index contributed by atoms with van der Waals surface area (Å²) in [6.07, 6.45) is 0. The van der Waals surface area contributed by atoms with Gasteiger partial charge in [-0.3, -0.25) is 0 Å². The van der Waals surface area contributed by atoms with Crippen molar-refractivity contribution in [3.63, 3.8) is 0 Å². The van der Waals surface area contributed by atoms with Gasteiger partial charge in [0.05, 0.1) is 0 Å². The molecule has 0 spiro atoms. The van der Waals surface area contributed by atoms with E-state index in [4.69, 9.17) is 0 Å². The lowest BCUT2D eigenvalue weighted by Crippen LogP contribution is -2.29. The fraction of sp³-hybridized carbons (Fsp3) is 0.294. The van der Waals surface area contributed by atoms with E-state index in [0.717, 1.165) is 5.75 Å².